The maximum absolute atomic E-state index is 8.80. The minimum absolute atomic E-state index is 0. The zero-order valence-electron chi connectivity index (χ0n) is 3.52. The molecule has 0 aliphatic heterocycles. The van der Waals surface area contributed by atoms with Gasteiger partial charge in [-0.15, -0.1) is 0 Å². The fourth-order valence-electron chi connectivity index (χ4n) is 0. The van der Waals surface area contributed by atoms with Gasteiger partial charge in [0.2, 0.25) is 0 Å². The second-order valence-corrected chi connectivity index (χ2v) is 0.407. The first-order valence-electron chi connectivity index (χ1n) is 1.16. The van der Waals surface area contributed by atoms with Crippen LogP contribution in [-0.2, 0) is 4.89 Å². The standard InChI is InChI=1S/C2H6O2.K/c1-2-4-3;/h3H,2H2,1H3;/q;+1/p-1. The Morgan fingerprint density at radius 2 is 2.00 bits per heavy atom. The summed E-state index contributed by atoms with van der Waals surface area (Å²) in [5.41, 5.74) is 0. The number of hydrogen-bond acceptors (Lipinski definition) is 2. The molecule has 0 heterocycles. The molecule has 26 valence electrons. The fourth-order valence-corrected chi connectivity index (χ4v) is 0. The van der Waals surface area contributed by atoms with Gasteiger partial charge in [0.25, 0.3) is 0 Å². The van der Waals surface area contributed by atoms with Crippen LogP contribution in [-0.4, -0.2) is 6.61 Å². The normalized spacial score (nSPS) is 6.00. The third-order valence-electron chi connectivity index (χ3n) is 0.118. The monoisotopic (exact) mass is 100.0 g/mol. The van der Waals surface area contributed by atoms with Crippen LogP contribution in [0.4, 0.5) is 0 Å². The van der Waals surface area contributed by atoms with Gasteiger partial charge in [-0.2, -0.15) is 0 Å². The van der Waals surface area contributed by atoms with E-state index in [1.165, 1.54) is 0 Å². The summed E-state index contributed by atoms with van der Waals surface area (Å²) in [5.74, 6) is 0. The second-order valence-electron chi connectivity index (χ2n) is 0.407. The van der Waals surface area contributed by atoms with Crippen LogP contribution in [0, 0.1) is 0 Å². The molecule has 0 bridgehead atoms. The van der Waals surface area contributed by atoms with Crippen molar-refractivity contribution in [1.29, 1.82) is 0 Å². The van der Waals surface area contributed by atoms with Crippen molar-refractivity contribution >= 4 is 0 Å². The summed E-state index contributed by atoms with van der Waals surface area (Å²) in [5, 5.41) is 8.80. The van der Waals surface area contributed by atoms with Crippen molar-refractivity contribution in [2.24, 2.45) is 0 Å². The van der Waals surface area contributed by atoms with Gasteiger partial charge in [-0.25, -0.2) is 0 Å². The Balaban J connectivity index is 0. The Kier molecular flexibility index (Phi) is 17.8. The van der Waals surface area contributed by atoms with E-state index >= 15 is 0 Å². The van der Waals surface area contributed by atoms with Gasteiger partial charge < -0.3 is 10.1 Å². The smallest absolute Gasteiger partial charge is 0.723 e. The summed E-state index contributed by atoms with van der Waals surface area (Å²) in [6.45, 7) is 1.91. The van der Waals surface area contributed by atoms with Gasteiger partial charge in [0.15, 0.2) is 0 Å². The summed E-state index contributed by atoms with van der Waals surface area (Å²) in [4.78, 5) is 3.29. The molecule has 0 atom stereocenters. The summed E-state index contributed by atoms with van der Waals surface area (Å²) in [7, 11) is 0. The van der Waals surface area contributed by atoms with Crippen molar-refractivity contribution in [2.75, 3.05) is 6.61 Å². The van der Waals surface area contributed by atoms with Crippen molar-refractivity contribution in [3.8, 4) is 0 Å². The molecule has 2 nitrogen and oxygen atoms in total. The van der Waals surface area contributed by atoms with Gasteiger partial charge in [-0.1, -0.05) is 0 Å². The van der Waals surface area contributed by atoms with E-state index in [1.54, 1.807) is 6.92 Å². The van der Waals surface area contributed by atoms with Gasteiger partial charge in [0.05, 0.1) is 0 Å². The van der Waals surface area contributed by atoms with Gasteiger partial charge in [0, 0.05) is 6.61 Å². The number of hydrogen-bond donors (Lipinski definition) is 0. The molecule has 0 N–H and O–H groups in total. The Morgan fingerprint density at radius 3 is 2.00 bits per heavy atom. The molecule has 0 radical (unpaired) electrons. The predicted molar refractivity (Wildman–Crippen MR) is 11.6 cm³/mol. The van der Waals surface area contributed by atoms with E-state index in [9.17, 15) is 0 Å². The second kappa shape index (κ2) is 9.12. The van der Waals surface area contributed by atoms with Gasteiger partial charge in [-0.05, 0) is 6.92 Å². The minimum Gasteiger partial charge on any atom is -0.723 e. The van der Waals surface area contributed by atoms with E-state index in [0.717, 1.165) is 0 Å². The molecule has 5 heavy (non-hydrogen) atoms. The average molecular weight is 100 g/mol. The Bertz CT molecular complexity index is 9.61. The van der Waals surface area contributed by atoms with Gasteiger partial charge in [-0.3, -0.25) is 0 Å². The van der Waals surface area contributed by atoms with Crippen LogP contribution >= 0.6 is 0 Å². The third kappa shape index (κ3) is 10.8. The molecule has 0 fully saturated rings. The summed E-state index contributed by atoms with van der Waals surface area (Å²) >= 11 is 0. The molecule has 0 amide bonds. The average Bonchev–Trinajstić information content (AvgIpc) is 1.37. The molecule has 0 aromatic rings. The fraction of sp³-hybridized carbons (Fsp3) is 1.00. The molecular weight excluding hydrogens is 95.1 g/mol. The Labute approximate surface area is 73.9 Å². The van der Waals surface area contributed by atoms with E-state index < -0.39 is 0 Å². The largest absolute Gasteiger partial charge is 1.00 e. The molecule has 0 aromatic heterocycles. The van der Waals surface area contributed by atoms with Crippen LogP contribution in [0.1, 0.15) is 6.92 Å². The van der Waals surface area contributed by atoms with E-state index in [4.69, 9.17) is 5.26 Å². The molecule has 0 spiro atoms. The quantitative estimate of drug-likeness (QED) is 0.193. The first-order chi connectivity index (χ1) is 1.91. The van der Waals surface area contributed by atoms with Crippen molar-refractivity contribution < 1.29 is 61.5 Å². The number of rotatable bonds is 1. The summed E-state index contributed by atoms with van der Waals surface area (Å²) < 4.78 is 0. The zero-order valence-corrected chi connectivity index (χ0v) is 6.65. The minimum atomic E-state index is 0. The van der Waals surface area contributed by atoms with E-state index in [0.29, 0.717) is 0 Å². The van der Waals surface area contributed by atoms with Crippen LogP contribution in [0.5, 0.6) is 0 Å². The SMILES string of the molecule is CCO[O-].[K+]. The van der Waals surface area contributed by atoms with Crippen LogP contribution in [0.15, 0.2) is 0 Å². The molecule has 0 aliphatic carbocycles. The van der Waals surface area contributed by atoms with Gasteiger partial charge in [0.1, 0.15) is 0 Å². The van der Waals surface area contributed by atoms with E-state index in [2.05, 4.69) is 4.89 Å². The summed E-state index contributed by atoms with van der Waals surface area (Å²) in [6.07, 6.45) is 0. The van der Waals surface area contributed by atoms with Crippen LogP contribution in [0.3, 0.4) is 0 Å². The molecule has 0 aromatic carbocycles. The molecule has 3 heteroatoms. The summed E-state index contributed by atoms with van der Waals surface area (Å²) in [6, 6.07) is 0. The zero-order chi connectivity index (χ0) is 3.41. The van der Waals surface area contributed by atoms with Crippen molar-refractivity contribution in [3.05, 3.63) is 0 Å². The first-order valence-corrected chi connectivity index (χ1v) is 1.16. The molecular formula is C2H5KO2. The molecule has 0 saturated carbocycles. The molecule has 0 unspecified atom stereocenters. The van der Waals surface area contributed by atoms with Crippen LogP contribution < -0.4 is 56.6 Å². The van der Waals surface area contributed by atoms with Gasteiger partial charge >= 0.3 is 51.4 Å². The van der Waals surface area contributed by atoms with Crippen molar-refractivity contribution in [1.82, 2.24) is 0 Å². The van der Waals surface area contributed by atoms with E-state index in [-0.39, 0.29) is 58.0 Å². The third-order valence-corrected chi connectivity index (χ3v) is 0.118. The van der Waals surface area contributed by atoms with Crippen LogP contribution in [0.25, 0.3) is 0 Å². The first kappa shape index (κ1) is 9.75. The Hall–Kier alpha value is 1.56. The molecule has 0 aliphatic rings. The van der Waals surface area contributed by atoms with Crippen LogP contribution in [0.2, 0.25) is 0 Å². The predicted octanol–water partition coefficient (Wildman–Crippen LogP) is -3.70. The maximum Gasteiger partial charge on any atom is 1.00 e. The van der Waals surface area contributed by atoms with Crippen molar-refractivity contribution in [3.63, 3.8) is 0 Å². The maximum atomic E-state index is 8.80. The van der Waals surface area contributed by atoms with Crippen molar-refractivity contribution in [2.45, 2.75) is 6.92 Å². The topological polar surface area (TPSA) is 32.3 Å². The molecule has 0 rings (SSSR count). The van der Waals surface area contributed by atoms with E-state index in [1.807, 2.05) is 0 Å². The Morgan fingerprint density at radius 1 is 1.80 bits per heavy atom. The molecule has 0 saturated heterocycles.